The summed E-state index contributed by atoms with van der Waals surface area (Å²) in [5, 5.41) is 78.1. The highest BCUT2D eigenvalue weighted by Gasteiger charge is 2.53. The molecule has 2 amide bonds. The van der Waals surface area contributed by atoms with Crippen molar-refractivity contribution in [2.45, 2.75) is 165 Å². The van der Waals surface area contributed by atoms with E-state index in [-0.39, 0.29) is 56.3 Å². The Morgan fingerprint density at radius 1 is 0.736 bits per heavy atom. The van der Waals surface area contributed by atoms with Crippen molar-refractivity contribution >= 4 is 23.4 Å². The summed E-state index contributed by atoms with van der Waals surface area (Å²) in [6.07, 6.45) is -15.1. The van der Waals surface area contributed by atoms with Crippen LogP contribution >= 0.6 is 0 Å². The maximum atomic E-state index is 12.4. The number of nitrogens with one attached hydrogen (secondary N) is 2. The molecule has 0 spiro atoms. The second-order valence-electron chi connectivity index (χ2n) is 13.7. The van der Waals surface area contributed by atoms with Gasteiger partial charge in [0.05, 0.1) is 32.0 Å². The van der Waals surface area contributed by atoms with Crippen molar-refractivity contribution in [1.82, 2.24) is 10.6 Å². The number of amides is 2. The predicted molar refractivity (Wildman–Crippen MR) is 179 cm³/mol. The molecule has 0 aromatic rings. The first-order valence-corrected chi connectivity index (χ1v) is 18.3. The van der Waals surface area contributed by atoms with E-state index in [1.165, 1.54) is 6.92 Å². The van der Waals surface area contributed by atoms with Crippen molar-refractivity contribution in [2.75, 3.05) is 26.4 Å². The fraction of sp³-hybridized carbons (Fsp3) is 0.882. The van der Waals surface area contributed by atoms with Gasteiger partial charge in [-0.15, -0.1) is 0 Å². The second kappa shape index (κ2) is 22.3. The minimum atomic E-state index is -1.67. The Hall–Kier alpha value is -2.24. The number of hydrogen-bond donors (Lipinski definition) is 9. The quantitative estimate of drug-likeness (QED) is 0.0528. The zero-order valence-electron chi connectivity index (χ0n) is 30.5. The van der Waals surface area contributed by atoms with E-state index >= 15 is 0 Å². The molecule has 3 fully saturated rings. The summed E-state index contributed by atoms with van der Waals surface area (Å²) >= 11 is 0. The minimum Gasteiger partial charge on any atom is -0.394 e. The third-order valence-electron chi connectivity index (χ3n) is 9.44. The van der Waals surface area contributed by atoms with Gasteiger partial charge in [-0.25, -0.2) is 0 Å². The van der Waals surface area contributed by atoms with E-state index in [4.69, 9.17) is 28.4 Å². The third kappa shape index (κ3) is 13.5. The van der Waals surface area contributed by atoms with E-state index in [1.807, 2.05) is 0 Å². The molecule has 3 rings (SSSR count). The Kier molecular flexibility index (Phi) is 19.0. The monoisotopic (exact) mass is 766 g/mol. The Morgan fingerprint density at radius 3 is 1.98 bits per heavy atom. The number of unbranched alkanes of at least 4 members (excludes halogenated alkanes) is 2. The zero-order valence-corrected chi connectivity index (χ0v) is 30.5. The van der Waals surface area contributed by atoms with E-state index in [9.17, 15) is 54.9 Å². The molecule has 0 aliphatic carbocycles. The summed E-state index contributed by atoms with van der Waals surface area (Å²) in [7, 11) is 0. The van der Waals surface area contributed by atoms with E-state index in [0.717, 1.165) is 6.92 Å². The fourth-order valence-corrected chi connectivity index (χ4v) is 6.27. The first-order chi connectivity index (χ1) is 25.2. The molecule has 3 heterocycles. The number of aliphatic hydroxyl groups excluding tert-OH is 7. The van der Waals surface area contributed by atoms with Gasteiger partial charge in [0.25, 0.3) is 0 Å². The van der Waals surface area contributed by atoms with Crippen LogP contribution in [-0.2, 0) is 47.6 Å². The molecule has 3 saturated heterocycles. The van der Waals surface area contributed by atoms with Gasteiger partial charge in [-0.05, 0) is 32.6 Å². The third-order valence-corrected chi connectivity index (χ3v) is 9.44. The molecule has 0 aromatic carbocycles. The molecule has 9 N–H and O–H groups in total. The SMILES string of the molecule is CCC(=O)CNC(=O)CCCCC(=O)CCCCO[C@@H]1OC(CO)[C@H](O)[C@H](O[C@@H]2OC(CO)[C@H](O)[C@H](O)C2NC(C)=O)C1O[C@H]1C[C@H](O)[C@@H](O)C(C)O1. The highest BCUT2D eigenvalue weighted by molar-refractivity contribution is 5.85. The number of rotatable bonds is 21. The average molecular weight is 767 g/mol. The molecule has 19 heteroatoms. The van der Waals surface area contributed by atoms with Crippen LogP contribution < -0.4 is 10.6 Å². The fourth-order valence-electron chi connectivity index (χ4n) is 6.27. The normalized spacial score (nSPS) is 36.1. The lowest BCUT2D eigenvalue weighted by Gasteiger charge is -2.49. The molecular formula is C34H58N2O17. The summed E-state index contributed by atoms with van der Waals surface area (Å²) in [5.74, 6) is -0.920. The van der Waals surface area contributed by atoms with Crippen LogP contribution in [0.5, 0.6) is 0 Å². The molecule has 14 atom stereocenters. The number of carbonyl (C=O) groups is 4. The number of carbonyl (C=O) groups excluding carboxylic acids is 4. The van der Waals surface area contributed by atoms with Gasteiger partial charge < -0.3 is 74.8 Å². The van der Waals surface area contributed by atoms with Gasteiger partial charge in [-0.3, -0.25) is 19.2 Å². The van der Waals surface area contributed by atoms with Gasteiger partial charge in [-0.2, -0.15) is 0 Å². The molecular weight excluding hydrogens is 708 g/mol. The summed E-state index contributed by atoms with van der Waals surface area (Å²) < 4.78 is 35.6. The molecule has 0 saturated carbocycles. The summed E-state index contributed by atoms with van der Waals surface area (Å²) in [4.78, 5) is 47.7. The Labute approximate surface area is 308 Å². The van der Waals surface area contributed by atoms with Gasteiger partial charge >= 0.3 is 0 Å². The van der Waals surface area contributed by atoms with Gasteiger partial charge in [0, 0.05) is 45.6 Å². The number of hydrogen-bond acceptors (Lipinski definition) is 17. The Balaban J connectivity index is 1.67. The molecule has 3 aliphatic rings. The standard InChI is InChI=1S/C34H58N2O17/c1-4-19(40)14-35-24(43)11-6-5-9-20(41)10-7-8-12-48-34-32(52-25-13-21(42)27(44)17(2)49-25)31(29(46)23(16-38)51-34)53-33-26(36-18(3)39)30(47)28(45)22(15-37)50-33/h17,21-23,25-34,37-38,42,44-47H,4-16H2,1-3H3,(H,35,43)(H,36,39)/t17?,21-,22?,23?,25-,26?,27-,28-,29-,30+,31-,32?,33-,34+/m0/s1. The number of ether oxygens (including phenoxy) is 6. The minimum absolute atomic E-state index is 0.000952. The lowest BCUT2D eigenvalue weighted by atomic mass is 9.95. The van der Waals surface area contributed by atoms with Crippen molar-refractivity contribution in [3.05, 3.63) is 0 Å². The van der Waals surface area contributed by atoms with E-state index < -0.39 is 105 Å². The molecule has 3 aliphatic heterocycles. The van der Waals surface area contributed by atoms with Crippen LogP contribution in [0.25, 0.3) is 0 Å². The summed E-state index contributed by atoms with van der Waals surface area (Å²) in [6.45, 7) is 2.97. The van der Waals surface area contributed by atoms with Gasteiger partial charge in [0.2, 0.25) is 11.8 Å². The molecule has 53 heavy (non-hydrogen) atoms. The summed E-state index contributed by atoms with van der Waals surface area (Å²) in [5.41, 5.74) is 0. The summed E-state index contributed by atoms with van der Waals surface area (Å²) in [6, 6.07) is -1.39. The van der Waals surface area contributed by atoms with Crippen molar-refractivity contribution < 1.29 is 83.3 Å². The van der Waals surface area contributed by atoms with Crippen molar-refractivity contribution in [3.63, 3.8) is 0 Å². The lowest BCUT2D eigenvalue weighted by Crippen LogP contribution is -2.68. The Morgan fingerprint density at radius 2 is 1.36 bits per heavy atom. The Bertz CT molecular complexity index is 1150. The van der Waals surface area contributed by atoms with E-state index in [2.05, 4.69) is 10.6 Å². The van der Waals surface area contributed by atoms with Crippen molar-refractivity contribution in [3.8, 4) is 0 Å². The lowest BCUT2D eigenvalue weighted by molar-refractivity contribution is -0.375. The van der Waals surface area contributed by atoms with Crippen LogP contribution in [0.3, 0.4) is 0 Å². The molecule has 5 unspecified atom stereocenters. The van der Waals surface area contributed by atoms with Crippen LogP contribution in [0.15, 0.2) is 0 Å². The van der Waals surface area contributed by atoms with Gasteiger partial charge in [0.1, 0.15) is 60.7 Å². The highest BCUT2D eigenvalue weighted by atomic mass is 16.8. The largest absolute Gasteiger partial charge is 0.394 e. The average Bonchev–Trinajstić information content (AvgIpc) is 3.12. The van der Waals surface area contributed by atoms with Crippen LogP contribution in [0.1, 0.15) is 78.6 Å². The van der Waals surface area contributed by atoms with Crippen LogP contribution in [0.4, 0.5) is 0 Å². The molecule has 0 aromatic heterocycles. The van der Waals surface area contributed by atoms with Crippen LogP contribution in [0.2, 0.25) is 0 Å². The smallest absolute Gasteiger partial charge is 0.220 e. The molecule has 0 bridgehead atoms. The molecule has 0 radical (unpaired) electrons. The topological polar surface area (TPSA) is 289 Å². The van der Waals surface area contributed by atoms with Crippen LogP contribution in [0, 0.1) is 0 Å². The van der Waals surface area contributed by atoms with Crippen LogP contribution in [-0.4, -0.2) is 171 Å². The predicted octanol–water partition coefficient (Wildman–Crippen LogP) is -2.95. The first kappa shape index (κ1) is 45.2. The molecule has 306 valence electrons. The van der Waals surface area contributed by atoms with Gasteiger partial charge in [0.15, 0.2) is 24.7 Å². The van der Waals surface area contributed by atoms with E-state index in [0.29, 0.717) is 32.1 Å². The van der Waals surface area contributed by atoms with E-state index in [1.54, 1.807) is 6.92 Å². The van der Waals surface area contributed by atoms with Crippen molar-refractivity contribution in [1.29, 1.82) is 0 Å². The maximum Gasteiger partial charge on any atom is 0.220 e. The van der Waals surface area contributed by atoms with Crippen molar-refractivity contribution in [2.24, 2.45) is 0 Å². The maximum absolute atomic E-state index is 12.4. The highest BCUT2D eigenvalue weighted by Crippen LogP contribution is 2.33. The number of aliphatic hydroxyl groups is 7. The number of ketones is 2. The first-order valence-electron chi connectivity index (χ1n) is 18.3. The molecule has 19 nitrogen and oxygen atoms in total. The number of Topliss-reactive ketones (excluding diaryl/α,β-unsaturated/α-hetero) is 2. The zero-order chi connectivity index (χ0) is 39.2. The van der Waals surface area contributed by atoms with Gasteiger partial charge in [-0.1, -0.05) is 6.92 Å². The second-order valence-corrected chi connectivity index (χ2v) is 13.7.